The summed E-state index contributed by atoms with van der Waals surface area (Å²) in [5.74, 6) is 0.573. The lowest BCUT2D eigenvalue weighted by molar-refractivity contribution is -0.122. The lowest BCUT2D eigenvalue weighted by Crippen LogP contribution is -2.39. The van der Waals surface area contributed by atoms with Gasteiger partial charge in [0.2, 0.25) is 5.91 Å². The molecule has 0 saturated carbocycles. The Hall–Kier alpha value is -3.61. The number of hydrogen-bond donors (Lipinski definition) is 4. The van der Waals surface area contributed by atoms with Gasteiger partial charge in [-0.25, -0.2) is 15.0 Å². The second-order valence-electron chi connectivity index (χ2n) is 8.19. The molecule has 12 heteroatoms. The Balaban J connectivity index is 1.58. The van der Waals surface area contributed by atoms with E-state index in [0.29, 0.717) is 29.4 Å². The van der Waals surface area contributed by atoms with Crippen molar-refractivity contribution in [1.82, 2.24) is 34.8 Å². The van der Waals surface area contributed by atoms with E-state index in [-0.39, 0.29) is 5.91 Å². The maximum Gasteiger partial charge on any atom is 0.235 e. The maximum atomic E-state index is 12.2. The minimum absolute atomic E-state index is 0.354. The highest BCUT2D eigenvalue weighted by atomic mass is 32.2. The van der Waals surface area contributed by atoms with E-state index >= 15 is 0 Å². The molecule has 4 N–H and O–H groups in total. The highest BCUT2D eigenvalue weighted by Crippen LogP contribution is 2.43. The third-order valence-electron chi connectivity index (χ3n) is 5.73. The first-order chi connectivity index (χ1) is 17.0. The van der Waals surface area contributed by atoms with Crippen molar-refractivity contribution in [2.45, 2.75) is 36.3 Å². The number of thioether (sulfide) groups is 1. The lowest BCUT2D eigenvalue weighted by atomic mass is 10.1. The van der Waals surface area contributed by atoms with Crippen molar-refractivity contribution in [3.05, 3.63) is 60.4 Å². The van der Waals surface area contributed by atoms with Crippen molar-refractivity contribution in [2.75, 3.05) is 12.4 Å². The fraction of sp³-hybridized carbons (Fsp3) is 0.304. The number of hydrogen-bond acceptors (Lipinski definition) is 10. The van der Waals surface area contributed by atoms with Gasteiger partial charge in [0.1, 0.15) is 22.8 Å². The third-order valence-corrected chi connectivity index (χ3v) is 7.31. The van der Waals surface area contributed by atoms with E-state index in [2.05, 4.69) is 25.6 Å². The summed E-state index contributed by atoms with van der Waals surface area (Å²) >= 11 is 1.16. The van der Waals surface area contributed by atoms with Crippen LogP contribution in [0.15, 0.2) is 49.2 Å². The Bertz CT molecular complexity index is 1370. The summed E-state index contributed by atoms with van der Waals surface area (Å²) < 4.78 is 1.68. The Morgan fingerprint density at radius 2 is 2.03 bits per heavy atom. The SMILES string of the molecule is CNC(=O)[C@H]1S[C@@H](n2cnc3c(NCc4ccccn4)nc(-c4cncc(C)c4)nc32)[C@H](O)[C@@H]1O. The average Bonchev–Trinajstić information content (AvgIpc) is 3.43. The van der Waals surface area contributed by atoms with Crippen LogP contribution in [0.25, 0.3) is 22.6 Å². The summed E-state index contributed by atoms with van der Waals surface area (Å²) in [5, 5.41) is 25.6. The monoisotopic (exact) mass is 492 g/mol. The standard InChI is InChI=1S/C23H24N8O3S/c1-12-7-13(9-25-8-12)19-29-20(27-10-14-5-3-4-6-26-14)15-21(30-19)31(11-28-15)23-17(33)16(32)18(35-23)22(34)24-2/h3-9,11,16-18,23,32-33H,10H2,1-2H3,(H,24,34)(H,27,29,30)/t16-,17+,18-,23+/m0/s1. The number of rotatable bonds is 6. The van der Waals surface area contributed by atoms with Crippen molar-refractivity contribution in [3.8, 4) is 11.4 Å². The zero-order valence-electron chi connectivity index (χ0n) is 19.0. The van der Waals surface area contributed by atoms with Crippen LogP contribution in [0.5, 0.6) is 0 Å². The second-order valence-corrected chi connectivity index (χ2v) is 9.45. The van der Waals surface area contributed by atoms with Gasteiger partial charge in [-0.15, -0.1) is 11.8 Å². The van der Waals surface area contributed by atoms with Crippen LogP contribution >= 0.6 is 11.8 Å². The number of nitrogens with zero attached hydrogens (tertiary/aromatic N) is 6. The first-order valence-corrected chi connectivity index (χ1v) is 11.9. The largest absolute Gasteiger partial charge is 0.389 e. The van der Waals surface area contributed by atoms with Gasteiger partial charge < -0.3 is 20.8 Å². The minimum Gasteiger partial charge on any atom is -0.389 e. The molecule has 0 spiro atoms. The van der Waals surface area contributed by atoms with E-state index in [1.54, 1.807) is 29.5 Å². The van der Waals surface area contributed by atoms with Crippen LogP contribution in [0.1, 0.15) is 16.6 Å². The fourth-order valence-electron chi connectivity index (χ4n) is 3.96. The summed E-state index contributed by atoms with van der Waals surface area (Å²) in [6.45, 7) is 2.36. The lowest BCUT2D eigenvalue weighted by Gasteiger charge is -2.17. The number of fused-ring (bicyclic) bond motifs is 1. The molecule has 35 heavy (non-hydrogen) atoms. The van der Waals surface area contributed by atoms with Crippen molar-refractivity contribution in [1.29, 1.82) is 0 Å². The van der Waals surface area contributed by atoms with Gasteiger partial charge in [-0.1, -0.05) is 6.07 Å². The van der Waals surface area contributed by atoms with Crippen LogP contribution in [-0.2, 0) is 11.3 Å². The molecule has 1 aliphatic rings. The van der Waals surface area contributed by atoms with Gasteiger partial charge in [0.05, 0.1) is 18.6 Å². The summed E-state index contributed by atoms with van der Waals surface area (Å²) in [4.78, 5) is 34.8. The molecule has 1 aliphatic heterocycles. The average molecular weight is 493 g/mol. The van der Waals surface area contributed by atoms with Crippen LogP contribution < -0.4 is 10.6 Å². The van der Waals surface area contributed by atoms with E-state index in [4.69, 9.17) is 9.97 Å². The van der Waals surface area contributed by atoms with Crippen LogP contribution in [0.4, 0.5) is 5.82 Å². The Morgan fingerprint density at radius 3 is 2.77 bits per heavy atom. The zero-order valence-corrected chi connectivity index (χ0v) is 19.8. The zero-order chi connectivity index (χ0) is 24.5. The first kappa shape index (κ1) is 23.1. The third kappa shape index (κ3) is 4.43. The predicted octanol–water partition coefficient (Wildman–Crippen LogP) is 1.29. The second kappa shape index (κ2) is 9.56. The predicted molar refractivity (Wildman–Crippen MR) is 131 cm³/mol. The molecule has 180 valence electrons. The molecule has 4 aromatic heterocycles. The maximum absolute atomic E-state index is 12.2. The van der Waals surface area contributed by atoms with E-state index in [1.165, 1.54) is 7.05 Å². The normalized spacial score (nSPS) is 21.8. The molecular formula is C23H24N8O3S. The number of imidazole rings is 1. The van der Waals surface area contributed by atoms with Gasteiger partial charge in [-0.2, -0.15) is 0 Å². The number of nitrogens with one attached hydrogen (secondary N) is 2. The fourth-order valence-corrected chi connectivity index (χ4v) is 5.43. The van der Waals surface area contributed by atoms with Crippen molar-refractivity contribution >= 4 is 34.7 Å². The molecule has 1 saturated heterocycles. The Morgan fingerprint density at radius 1 is 1.17 bits per heavy atom. The number of amides is 1. The smallest absolute Gasteiger partial charge is 0.235 e. The number of aryl methyl sites for hydroxylation is 1. The molecule has 4 aromatic rings. The van der Waals surface area contributed by atoms with E-state index < -0.39 is 22.8 Å². The molecule has 1 fully saturated rings. The van der Waals surface area contributed by atoms with Crippen LogP contribution in [0.3, 0.4) is 0 Å². The molecule has 1 amide bonds. The molecule has 0 radical (unpaired) electrons. The number of anilines is 1. The summed E-state index contributed by atoms with van der Waals surface area (Å²) in [5.41, 5.74) is 3.47. The Kier molecular flexibility index (Phi) is 6.32. The number of aliphatic hydroxyl groups is 2. The highest BCUT2D eigenvalue weighted by Gasteiger charge is 2.47. The van der Waals surface area contributed by atoms with E-state index in [0.717, 1.165) is 28.6 Å². The molecule has 0 aromatic carbocycles. The molecule has 0 unspecified atom stereocenters. The molecule has 0 bridgehead atoms. The molecule has 5 heterocycles. The summed E-state index contributed by atoms with van der Waals surface area (Å²) in [6, 6.07) is 7.59. The minimum atomic E-state index is -1.23. The van der Waals surface area contributed by atoms with E-state index in [9.17, 15) is 15.0 Å². The van der Waals surface area contributed by atoms with Gasteiger partial charge in [0.25, 0.3) is 0 Å². The number of aliphatic hydroxyl groups excluding tert-OH is 2. The van der Waals surface area contributed by atoms with Crippen molar-refractivity contribution in [2.24, 2.45) is 0 Å². The summed E-state index contributed by atoms with van der Waals surface area (Å²) in [7, 11) is 1.50. The van der Waals surface area contributed by atoms with Gasteiger partial charge >= 0.3 is 0 Å². The molecule has 5 rings (SSSR count). The number of pyridine rings is 2. The molecular weight excluding hydrogens is 468 g/mol. The molecule has 11 nitrogen and oxygen atoms in total. The molecule has 4 atom stereocenters. The molecule has 0 aliphatic carbocycles. The highest BCUT2D eigenvalue weighted by molar-refractivity contribution is 8.01. The van der Waals surface area contributed by atoms with Gasteiger partial charge in [-0.05, 0) is 30.7 Å². The van der Waals surface area contributed by atoms with Gasteiger partial charge in [0, 0.05) is 31.2 Å². The number of aromatic nitrogens is 6. The van der Waals surface area contributed by atoms with Crippen LogP contribution in [0.2, 0.25) is 0 Å². The number of carbonyl (C=O) groups excluding carboxylic acids is 1. The van der Waals surface area contributed by atoms with Crippen LogP contribution in [-0.4, -0.2) is 70.1 Å². The Labute approximate surface area is 205 Å². The van der Waals surface area contributed by atoms with Crippen LogP contribution in [0, 0.1) is 6.92 Å². The van der Waals surface area contributed by atoms with E-state index in [1.807, 2.05) is 31.2 Å². The number of carbonyl (C=O) groups is 1. The summed E-state index contributed by atoms with van der Waals surface area (Å²) in [6.07, 6.45) is 4.27. The first-order valence-electron chi connectivity index (χ1n) is 11.0. The van der Waals surface area contributed by atoms with Crippen molar-refractivity contribution in [3.63, 3.8) is 0 Å². The quantitative estimate of drug-likeness (QED) is 0.310. The van der Waals surface area contributed by atoms with Gasteiger partial charge in [0.15, 0.2) is 22.8 Å². The van der Waals surface area contributed by atoms with Gasteiger partial charge in [-0.3, -0.25) is 19.3 Å². The van der Waals surface area contributed by atoms with Crippen molar-refractivity contribution < 1.29 is 15.0 Å². The topological polar surface area (TPSA) is 151 Å².